The second kappa shape index (κ2) is 4.45. The summed E-state index contributed by atoms with van der Waals surface area (Å²) in [6.45, 7) is 0. The number of nitrogens with two attached hydrogens (primary N) is 1. The maximum absolute atomic E-state index is 6.23. The van der Waals surface area contributed by atoms with E-state index in [-0.39, 0.29) is 6.04 Å². The maximum Gasteiger partial charge on any atom is 0.0561 e. The van der Waals surface area contributed by atoms with Crippen molar-refractivity contribution in [3.05, 3.63) is 56.7 Å². The highest BCUT2D eigenvalue weighted by Gasteiger charge is 2.28. The van der Waals surface area contributed by atoms with Gasteiger partial charge in [0, 0.05) is 10.9 Å². The molecule has 1 heterocycles. The zero-order chi connectivity index (χ0) is 11.8. The van der Waals surface area contributed by atoms with E-state index in [1.165, 1.54) is 11.1 Å². The Morgan fingerprint density at radius 2 is 2.18 bits per heavy atom. The molecule has 1 nitrogen and oxygen atoms in total. The predicted octanol–water partition coefficient (Wildman–Crippen LogP) is 4.13. The van der Waals surface area contributed by atoms with E-state index in [2.05, 4.69) is 24.3 Å². The molecule has 0 aliphatic heterocycles. The quantitative estimate of drug-likeness (QED) is 0.885. The first kappa shape index (κ1) is 11.3. The highest BCUT2D eigenvalue weighted by molar-refractivity contribution is 7.10. The molecule has 0 amide bonds. The van der Waals surface area contributed by atoms with Crippen LogP contribution < -0.4 is 5.73 Å². The normalized spacial score (nSPS) is 19.5. The summed E-state index contributed by atoms with van der Waals surface area (Å²) in [4.78, 5) is 1.12. The Hall–Kier alpha value is -0.830. The average Bonchev–Trinajstić information content (AvgIpc) is 2.72. The first-order valence-corrected chi connectivity index (χ1v) is 7.07. The number of rotatable bonds is 3. The molecule has 1 aliphatic carbocycles. The van der Waals surface area contributed by atoms with E-state index in [1.54, 1.807) is 11.3 Å². The van der Waals surface area contributed by atoms with Gasteiger partial charge in [0.1, 0.15) is 0 Å². The number of thiophene rings is 1. The Bertz CT molecular complexity index is 535. The van der Waals surface area contributed by atoms with Crippen LogP contribution in [0.3, 0.4) is 0 Å². The van der Waals surface area contributed by atoms with Crippen molar-refractivity contribution in [1.29, 1.82) is 0 Å². The van der Waals surface area contributed by atoms with Gasteiger partial charge in [0.25, 0.3) is 0 Å². The maximum atomic E-state index is 6.23. The van der Waals surface area contributed by atoms with E-state index in [1.807, 2.05) is 11.4 Å². The highest BCUT2D eigenvalue weighted by atomic mass is 35.5. The van der Waals surface area contributed by atoms with Gasteiger partial charge in [-0.25, -0.2) is 0 Å². The van der Waals surface area contributed by atoms with Gasteiger partial charge < -0.3 is 5.73 Å². The minimum absolute atomic E-state index is 0.0702. The summed E-state index contributed by atoms with van der Waals surface area (Å²) < 4.78 is 0. The molecule has 2 atom stereocenters. The Morgan fingerprint density at radius 3 is 2.88 bits per heavy atom. The molecule has 2 unspecified atom stereocenters. The smallest absolute Gasteiger partial charge is 0.0561 e. The van der Waals surface area contributed by atoms with Crippen LogP contribution in [0, 0.1) is 0 Å². The third-order valence-electron chi connectivity index (χ3n) is 3.48. The first-order valence-electron chi connectivity index (χ1n) is 5.82. The number of halogens is 1. The first-order chi connectivity index (χ1) is 8.25. The fourth-order valence-corrected chi connectivity index (χ4v) is 3.77. The molecular formula is C14H14ClNS. The number of hydrogen-bond donors (Lipinski definition) is 1. The molecule has 0 bridgehead atoms. The second-order valence-electron chi connectivity index (χ2n) is 4.57. The summed E-state index contributed by atoms with van der Waals surface area (Å²) in [5, 5.41) is 2.82. The standard InChI is InChI=1S/C14H14ClNS/c15-12-5-6-17-14(12)13(16)8-10-7-9-3-1-2-4-11(9)10/h1-6,10,13H,7-8,16H2. The minimum Gasteiger partial charge on any atom is -0.323 e. The van der Waals surface area contributed by atoms with Crippen LogP contribution in [0.1, 0.15) is 34.4 Å². The van der Waals surface area contributed by atoms with Gasteiger partial charge in [-0.3, -0.25) is 0 Å². The zero-order valence-corrected chi connectivity index (χ0v) is 11.0. The lowest BCUT2D eigenvalue weighted by atomic mass is 9.74. The summed E-state index contributed by atoms with van der Waals surface area (Å²) in [5.41, 5.74) is 9.18. The molecule has 0 saturated heterocycles. The van der Waals surface area contributed by atoms with E-state index < -0.39 is 0 Å². The van der Waals surface area contributed by atoms with Crippen LogP contribution in [-0.2, 0) is 6.42 Å². The van der Waals surface area contributed by atoms with E-state index in [0.717, 1.165) is 22.7 Å². The summed E-state index contributed by atoms with van der Waals surface area (Å²) in [5.74, 6) is 0.611. The molecule has 3 heteroatoms. The van der Waals surface area contributed by atoms with Crippen LogP contribution >= 0.6 is 22.9 Å². The Balaban J connectivity index is 1.72. The topological polar surface area (TPSA) is 26.0 Å². The monoisotopic (exact) mass is 263 g/mol. The van der Waals surface area contributed by atoms with E-state index >= 15 is 0 Å². The van der Waals surface area contributed by atoms with Crippen molar-refractivity contribution in [3.8, 4) is 0 Å². The second-order valence-corrected chi connectivity index (χ2v) is 5.93. The molecule has 0 radical (unpaired) electrons. The van der Waals surface area contributed by atoms with Crippen LogP contribution in [-0.4, -0.2) is 0 Å². The Kier molecular flexibility index (Phi) is 2.95. The predicted molar refractivity (Wildman–Crippen MR) is 73.8 cm³/mol. The van der Waals surface area contributed by atoms with Crippen LogP contribution in [0.15, 0.2) is 35.7 Å². The van der Waals surface area contributed by atoms with Gasteiger partial charge >= 0.3 is 0 Å². The van der Waals surface area contributed by atoms with Crippen molar-refractivity contribution in [3.63, 3.8) is 0 Å². The van der Waals surface area contributed by atoms with Crippen LogP contribution in [0.25, 0.3) is 0 Å². The van der Waals surface area contributed by atoms with Crippen LogP contribution in [0.4, 0.5) is 0 Å². The van der Waals surface area contributed by atoms with Crippen LogP contribution in [0.2, 0.25) is 5.02 Å². The van der Waals surface area contributed by atoms with Gasteiger partial charge in [0.2, 0.25) is 0 Å². The molecular weight excluding hydrogens is 250 g/mol. The molecule has 0 fully saturated rings. The van der Waals surface area contributed by atoms with Gasteiger partial charge in [0.15, 0.2) is 0 Å². The van der Waals surface area contributed by atoms with Gasteiger partial charge in [-0.05, 0) is 41.3 Å². The molecule has 17 heavy (non-hydrogen) atoms. The van der Waals surface area contributed by atoms with E-state index in [9.17, 15) is 0 Å². The lowest BCUT2D eigenvalue weighted by molar-refractivity contribution is 0.502. The molecule has 2 N–H and O–H groups in total. The largest absolute Gasteiger partial charge is 0.323 e. The van der Waals surface area contributed by atoms with Gasteiger partial charge in [-0.1, -0.05) is 35.9 Å². The minimum atomic E-state index is 0.0702. The van der Waals surface area contributed by atoms with Crippen molar-refractivity contribution in [1.82, 2.24) is 0 Å². The molecule has 0 saturated carbocycles. The summed E-state index contributed by atoms with van der Waals surface area (Å²) in [6, 6.07) is 10.6. The van der Waals surface area contributed by atoms with Crippen molar-refractivity contribution >= 4 is 22.9 Å². The number of hydrogen-bond acceptors (Lipinski definition) is 2. The SMILES string of the molecule is NC(CC1Cc2ccccc21)c1sccc1Cl. The third-order valence-corrected chi connectivity index (χ3v) is 4.97. The number of fused-ring (bicyclic) bond motifs is 1. The van der Waals surface area contributed by atoms with E-state index in [4.69, 9.17) is 17.3 Å². The molecule has 1 aromatic carbocycles. The zero-order valence-electron chi connectivity index (χ0n) is 9.40. The van der Waals surface area contributed by atoms with Gasteiger partial charge in [0.05, 0.1) is 5.02 Å². The molecule has 1 aliphatic rings. The summed E-state index contributed by atoms with van der Waals surface area (Å²) in [6.07, 6.45) is 2.16. The van der Waals surface area contributed by atoms with E-state index in [0.29, 0.717) is 5.92 Å². The lowest BCUT2D eigenvalue weighted by Gasteiger charge is -2.31. The summed E-state index contributed by atoms with van der Waals surface area (Å²) in [7, 11) is 0. The fraction of sp³-hybridized carbons (Fsp3) is 0.286. The summed E-state index contributed by atoms with van der Waals surface area (Å²) >= 11 is 7.77. The molecule has 0 spiro atoms. The van der Waals surface area contributed by atoms with Crippen molar-refractivity contribution < 1.29 is 0 Å². The van der Waals surface area contributed by atoms with Gasteiger partial charge in [-0.15, -0.1) is 11.3 Å². The van der Waals surface area contributed by atoms with Crippen molar-refractivity contribution in [2.45, 2.75) is 24.8 Å². The molecule has 3 rings (SSSR count). The Labute approximate surface area is 110 Å². The fourth-order valence-electron chi connectivity index (χ4n) is 2.56. The number of benzene rings is 1. The van der Waals surface area contributed by atoms with Gasteiger partial charge in [-0.2, -0.15) is 0 Å². The molecule has 1 aromatic heterocycles. The Morgan fingerprint density at radius 1 is 1.35 bits per heavy atom. The average molecular weight is 264 g/mol. The van der Waals surface area contributed by atoms with Crippen molar-refractivity contribution in [2.75, 3.05) is 0 Å². The highest BCUT2D eigenvalue weighted by Crippen LogP contribution is 2.41. The van der Waals surface area contributed by atoms with Crippen LogP contribution in [0.5, 0.6) is 0 Å². The van der Waals surface area contributed by atoms with Crippen molar-refractivity contribution in [2.24, 2.45) is 5.73 Å². The lowest BCUT2D eigenvalue weighted by Crippen LogP contribution is -2.22. The molecule has 88 valence electrons. The third kappa shape index (κ3) is 2.01. The molecule has 2 aromatic rings.